The summed E-state index contributed by atoms with van der Waals surface area (Å²) in [5.41, 5.74) is 10.1. The molecular weight excluding hydrogens is 442 g/mol. The number of nitrogens with one attached hydrogen (secondary N) is 1. The number of nitrogens with zero attached hydrogens (tertiary/aromatic N) is 2. The molecule has 2 heterocycles. The first kappa shape index (κ1) is 24.8. The van der Waals surface area contributed by atoms with Crippen molar-refractivity contribution in [3.63, 3.8) is 0 Å². The van der Waals surface area contributed by atoms with Crippen LogP contribution >= 0.6 is 0 Å². The van der Waals surface area contributed by atoms with Crippen LogP contribution in [0.15, 0.2) is 59.7 Å². The number of nitrogens with two attached hydrogens (primary N) is 2. The third-order valence-electron chi connectivity index (χ3n) is 6.40. The van der Waals surface area contributed by atoms with Gasteiger partial charge in [0, 0.05) is 30.4 Å². The van der Waals surface area contributed by atoms with E-state index in [9.17, 15) is 4.79 Å². The van der Waals surface area contributed by atoms with Gasteiger partial charge in [0.1, 0.15) is 11.4 Å². The Labute approximate surface area is 206 Å². The minimum absolute atomic E-state index is 0.187. The molecule has 8 heteroatoms. The number of ether oxygens (including phenoxy) is 2. The molecule has 1 spiro atoms. The van der Waals surface area contributed by atoms with Gasteiger partial charge in [0.25, 0.3) is 0 Å². The lowest BCUT2D eigenvalue weighted by Gasteiger charge is -2.40. The number of para-hydroxylation sites is 1. The number of amidine groups is 1. The highest BCUT2D eigenvalue weighted by Crippen LogP contribution is 2.42. The summed E-state index contributed by atoms with van der Waals surface area (Å²) in [5, 5.41) is 9.05. The first-order valence-electron chi connectivity index (χ1n) is 12.3. The Hall–Kier alpha value is -3.36. The van der Waals surface area contributed by atoms with Crippen LogP contribution in [0.5, 0.6) is 5.75 Å². The van der Waals surface area contributed by atoms with Crippen molar-refractivity contribution in [1.29, 1.82) is 0 Å². The highest BCUT2D eigenvalue weighted by molar-refractivity contribution is 5.98. The molecule has 0 radical (unpaired) electrons. The molecule has 1 fully saturated rings. The van der Waals surface area contributed by atoms with Crippen molar-refractivity contribution in [3.05, 3.63) is 71.3 Å². The number of esters is 1. The van der Waals surface area contributed by atoms with Crippen LogP contribution < -0.4 is 21.6 Å². The van der Waals surface area contributed by atoms with E-state index in [0.717, 1.165) is 54.8 Å². The molecule has 8 nitrogen and oxygen atoms in total. The normalized spacial score (nSPS) is 16.7. The van der Waals surface area contributed by atoms with E-state index in [0.29, 0.717) is 31.8 Å². The van der Waals surface area contributed by atoms with E-state index in [1.165, 1.54) is 10.7 Å². The molecular formula is C27H35N5O3. The number of piperidine rings is 1. The van der Waals surface area contributed by atoms with Crippen LogP contribution in [0, 0.1) is 0 Å². The molecule has 0 saturated carbocycles. The summed E-state index contributed by atoms with van der Waals surface area (Å²) in [6, 6.07) is 16.3. The molecule has 186 valence electrons. The fourth-order valence-electron chi connectivity index (χ4n) is 4.55. The van der Waals surface area contributed by atoms with E-state index >= 15 is 0 Å². The molecule has 2 aromatic rings. The minimum atomic E-state index is -0.276. The largest absolute Gasteiger partial charge is 0.482 e. The zero-order chi connectivity index (χ0) is 24.7. The lowest BCUT2D eigenvalue weighted by Crippen LogP contribution is -2.46. The average molecular weight is 478 g/mol. The third kappa shape index (κ3) is 6.21. The summed E-state index contributed by atoms with van der Waals surface area (Å²) in [4.78, 5) is 11.4. The monoisotopic (exact) mass is 477 g/mol. The minimum Gasteiger partial charge on any atom is -0.482 e. The molecule has 0 bridgehead atoms. The molecule has 2 aliphatic rings. The van der Waals surface area contributed by atoms with Crippen LogP contribution in [0.4, 0.5) is 0 Å². The molecule has 0 atom stereocenters. The lowest BCUT2D eigenvalue weighted by molar-refractivity contribution is -0.143. The van der Waals surface area contributed by atoms with Gasteiger partial charge >= 0.3 is 5.97 Å². The van der Waals surface area contributed by atoms with Gasteiger partial charge in [-0.15, -0.1) is 5.10 Å². The summed E-state index contributed by atoms with van der Waals surface area (Å²) >= 11 is 0. The molecule has 5 N–H and O–H groups in total. The van der Waals surface area contributed by atoms with E-state index in [2.05, 4.69) is 34.7 Å². The van der Waals surface area contributed by atoms with E-state index in [4.69, 9.17) is 21.1 Å². The molecule has 0 aliphatic carbocycles. The number of carbonyl (C=O) groups excluding carboxylic acids is 1. The number of hydrazone groups is 1. The summed E-state index contributed by atoms with van der Waals surface area (Å²) < 4.78 is 11.4. The van der Waals surface area contributed by atoms with E-state index in [1.54, 1.807) is 6.92 Å². The molecule has 0 amide bonds. The quantitative estimate of drug-likeness (QED) is 0.127. The predicted octanol–water partition coefficient (Wildman–Crippen LogP) is 3.16. The Morgan fingerprint density at radius 1 is 1.14 bits per heavy atom. The zero-order valence-corrected chi connectivity index (χ0v) is 20.3. The van der Waals surface area contributed by atoms with Crippen LogP contribution in [-0.2, 0) is 9.53 Å². The second-order valence-corrected chi connectivity index (χ2v) is 8.96. The summed E-state index contributed by atoms with van der Waals surface area (Å²) in [6.45, 7) is 4.58. The fourth-order valence-corrected chi connectivity index (χ4v) is 4.55. The maximum Gasteiger partial charge on any atom is 0.305 e. The smallest absolute Gasteiger partial charge is 0.305 e. The average Bonchev–Trinajstić information content (AvgIpc) is 2.87. The third-order valence-corrected chi connectivity index (χ3v) is 6.40. The number of hydrogen-bond donors (Lipinski definition) is 3. The Morgan fingerprint density at radius 2 is 1.89 bits per heavy atom. The first-order valence-corrected chi connectivity index (χ1v) is 12.3. The van der Waals surface area contributed by atoms with Gasteiger partial charge in [0.15, 0.2) is 5.84 Å². The van der Waals surface area contributed by atoms with Crippen molar-refractivity contribution in [2.75, 3.05) is 26.2 Å². The summed E-state index contributed by atoms with van der Waals surface area (Å²) in [7, 11) is 0. The van der Waals surface area contributed by atoms with E-state index in [1.807, 2.05) is 30.3 Å². The van der Waals surface area contributed by atoms with Crippen molar-refractivity contribution < 1.29 is 14.3 Å². The Kier molecular flexibility index (Phi) is 8.05. The Morgan fingerprint density at radius 3 is 2.63 bits per heavy atom. The Balaban J connectivity index is 1.44. The fraction of sp³-hybridized carbons (Fsp3) is 0.407. The second-order valence-electron chi connectivity index (χ2n) is 8.96. The number of hydrazine groups is 1. The van der Waals surface area contributed by atoms with E-state index in [-0.39, 0.29) is 11.6 Å². The number of fused-ring (bicyclic) bond motifs is 1. The number of unbranched alkanes of at least 4 members (excludes halogenated alkanes) is 1. The maximum atomic E-state index is 11.4. The maximum absolute atomic E-state index is 11.4. The predicted molar refractivity (Wildman–Crippen MR) is 138 cm³/mol. The summed E-state index contributed by atoms with van der Waals surface area (Å²) in [5.74, 6) is 7.08. The SMILES string of the molecule is CCOC(=O)CCCCN(N)/N=C(\N)c1ccc(C2=CC3(CCNCC3)Oc3ccccc32)cc1. The molecule has 2 aromatic carbocycles. The van der Waals surface area contributed by atoms with Crippen molar-refractivity contribution in [3.8, 4) is 5.75 Å². The first-order chi connectivity index (χ1) is 17.0. The lowest BCUT2D eigenvalue weighted by atomic mass is 9.83. The van der Waals surface area contributed by atoms with Crippen LogP contribution in [-0.4, -0.2) is 48.8 Å². The van der Waals surface area contributed by atoms with Gasteiger partial charge in [-0.25, -0.2) is 11.0 Å². The molecule has 35 heavy (non-hydrogen) atoms. The van der Waals surface area contributed by atoms with Gasteiger partial charge in [-0.3, -0.25) is 4.79 Å². The van der Waals surface area contributed by atoms with Gasteiger partial charge in [0.05, 0.1) is 13.2 Å². The topological polar surface area (TPSA) is 115 Å². The number of rotatable bonds is 9. The highest BCUT2D eigenvalue weighted by Gasteiger charge is 2.36. The number of carbonyl (C=O) groups is 1. The van der Waals surface area contributed by atoms with Crippen LogP contribution in [0.25, 0.3) is 5.57 Å². The van der Waals surface area contributed by atoms with Gasteiger partial charge in [0.2, 0.25) is 0 Å². The van der Waals surface area contributed by atoms with Crippen molar-refractivity contribution >= 4 is 17.4 Å². The molecule has 2 aliphatic heterocycles. The van der Waals surface area contributed by atoms with Crippen LogP contribution in [0.3, 0.4) is 0 Å². The van der Waals surface area contributed by atoms with Gasteiger partial charge in [-0.2, -0.15) is 0 Å². The van der Waals surface area contributed by atoms with Crippen molar-refractivity contribution in [2.24, 2.45) is 16.7 Å². The summed E-state index contributed by atoms with van der Waals surface area (Å²) in [6.07, 6.45) is 5.96. The molecule has 4 rings (SSSR count). The van der Waals surface area contributed by atoms with Crippen LogP contribution in [0.1, 0.15) is 55.7 Å². The van der Waals surface area contributed by atoms with Crippen molar-refractivity contribution in [1.82, 2.24) is 10.4 Å². The Bertz CT molecular complexity index is 1070. The van der Waals surface area contributed by atoms with Crippen molar-refractivity contribution in [2.45, 2.75) is 44.6 Å². The van der Waals surface area contributed by atoms with Crippen LogP contribution in [0.2, 0.25) is 0 Å². The second kappa shape index (κ2) is 11.4. The van der Waals surface area contributed by atoms with Gasteiger partial charge < -0.3 is 20.5 Å². The zero-order valence-electron chi connectivity index (χ0n) is 20.3. The van der Waals surface area contributed by atoms with Gasteiger partial charge in [-0.1, -0.05) is 42.5 Å². The number of hydrogen-bond acceptors (Lipinski definition) is 7. The highest BCUT2D eigenvalue weighted by atomic mass is 16.5. The van der Waals surface area contributed by atoms with Gasteiger partial charge in [-0.05, 0) is 56.1 Å². The molecule has 0 aromatic heterocycles. The standard InChI is InChI=1S/C27H35N5O3/c1-2-34-25(33)9-5-6-18-32(29)31-26(28)21-12-10-20(11-13-21)23-19-27(14-16-30-17-15-27)35-24-8-4-3-7-22(23)24/h3-4,7-8,10-13,19,30H,2,5-6,9,14-18,29H2,1H3,(H2,28,31). The molecule has 0 unspecified atom stereocenters. The number of benzene rings is 2. The molecule has 1 saturated heterocycles. The van der Waals surface area contributed by atoms with E-state index < -0.39 is 0 Å².